The van der Waals surface area contributed by atoms with E-state index in [4.69, 9.17) is 4.74 Å². The van der Waals surface area contributed by atoms with Crippen molar-refractivity contribution >= 4 is 5.91 Å². The summed E-state index contributed by atoms with van der Waals surface area (Å²) >= 11 is 0. The first-order valence-electron chi connectivity index (χ1n) is 5.89. The summed E-state index contributed by atoms with van der Waals surface area (Å²) in [5.41, 5.74) is 1.09. The lowest BCUT2D eigenvalue weighted by atomic mass is 10.2. The zero-order valence-corrected chi connectivity index (χ0v) is 10.8. The standard InChI is InChI=1S/C14H14N2O4/c1-20-13-5-2-9(7-15-13)8-16-14(19)10-3-4-11(17)12(18)6-10/h2-7,17-18H,8H2,1H3,(H,16,19). The molecule has 0 saturated heterocycles. The van der Waals surface area contributed by atoms with Gasteiger partial charge in [-0.15, -0.1) is 0 Å². The normalized spacial score (nSPS) is 10.1. The van der Waals surface area contributed by atoms with Gasteiger partial charge >= 0.3 is 0 Å². The fraction of sp³-hybridized carbons (Fsp3) is 0.143. The van der Waals surface area contributed by atoms with Crippen LogP contribution in [0.4, 0.5) is 0 Å². The lowest BCUT2D eigenvalue weighted by Crippen LogP contribution is -2.22. The van der Waals surface area contributed by atoms with E-state index in [1.807, 2.05) is 0 Å². The lowest BCUT2D eigenvalue weighted by molar-refractivity contribution is 0.0950. The van der Waals surface area contributed by atoms with E-state index in [9.17, 15) is 15.0 Å². The zero-order chi connectivity index (χ0) is 14.5. The van der Waals surface area contributed by atoms with Gasteiger partial charge in [0, 0.05) is 24.4 Å². The van der Waals surface area contributed by atoms with Crippen molar-refractivity contribution in [1.29, 1.82) is 0 Å². The second-order valence-corrected chi connectivity index (χ2v) is 4.09. The Labute approximate surface area is 115 Å². The van der Waals surface area contributed by atoms with Gasteiger partial charge in [0.1, 0.15) is 0 Å². The van der Waals surface area contributed by atoms with Gasteiger partial charge in [-0.1, -0.05) is 6.07 Å². The van der Waals surface area contributed by atoms with Crippen LogP contribution < -0.4 is 10.1 Å². The van der Waals surface area contributed by atoms with E-state index < -0.39 is 0 Å². The van der Waals surface area contributed by atoms with Crippen LogP contribution in [0, 0.1) is 0 Å². The predicted molar refractivity (Wildman–Crippen MR) is 71.7 cm³/mol. The fourth-order valence-electron chi connectivity index (χ4n) is 1.59. The molecule has 0 atom stereocenters. The van der Waals surface area contributed by atoms with Crippen LogP contribution in [-0.4, -0.2) is 28.2 Å². The summed E-state index contributed by atoms with van der Waals surface area (Å²) in [6.07, 6.45) is 1.60. The SMILES string of the molecule is COc1ccc(CNC(=O)c2ccc(O)c(O)c2)cn1. The molecule has 6 heteroatoms. The number of nitrogens with one attached hydrogen (secondary N) is 1. The Bertz CT molecular complexity index is 611. The zero-order valence-electron chi connectivity index (χ0n) is 10.8. The molecule has 1 aromatic carbocycles. The number of carbonyl (C=O) groups excluding carboxylic acids is 1. The number of rotatable bonds is 4. The van der Waals surface area contributed by atoms with Crippen LogP contribution in [0.5, 0.6) is 17.4 Å². The van der Waals surface area contributed by atoms with E-state index in [0.29, 0.717) is 12.4 Å². The van der Waals surface area contributed by atoms with Crippen molar-refractivity contribution in [3.8, 4) is 17.4 Å². The molecule has 0 aliphatic carbocycles. The van der Waals surface area contributed by atoms with Gasteiger partial charge in [-0.2, -0.15) is 0 Å². The topological polar surface area (TPSA) is 91.7 Å². The molecule has 0 aliphatic rings. The number of ether oxygens (including phenoxy) is 1. The first-order valence-corrected chi connectivity index (χ1v) is 5.89. The minimum absolute atomic E-state index is 0.263. The van der Waals surface area contributed by atoms with E-state index in [-0.39, 0.29) is 23.0 Å². The molecule has 20 heavy (non-hydrogen) atoms. The van der Waals surface area contributed by atoms with Crippen molar-refractivity contribution < 1.29 is 19.7 Å². The molecule has 2 rings (SSSR count). The molecule has 1 amide bonds. The van der Waals surface area contributed by atoms with Crippen molar-refractivity contribution in [3.05, 3.63) is 47.7 Å². The smallest absolute Gasteiger partial charge is 0.251 e. The molecular weight excluding hydrogens is 260 g/mol. The van der Waals surface area contributed by atoms with Gasteiger partial charge in [0.2, 0.25) is 5.88 Å². The number of phenols is 2. The minimum atomic E-state index is -0.351. The highest BCUT2D eigenvalue weighted by molar-refractivity contribution is 5.94. The van der Waals surface area contributed by atoms with Gasteiger partial charge in [0.25, 0.3) is 5.91 Å². The summed E-state index contributed by atoms with van der Waals surface area (Å²) in [5, 5.41) is 21.2. The molecule has 0 unspecified atom stereocenters. The van der Waals surface area contributed by atoms with Crippen LogP contribution in [0.3, 0.4) is 0 Å². The van der Waals surface area contributed by atoms with E-state index in [1.165, 1.54) is 25.3 Å². The van der Waals surface area contributed by atoms with E-state index >= 15 is 0 Å². The van der Waals surface area contributed by atoms with Gasteiger partial charge in [0.15, 0.2) is 11.5 Å². The van der Waals surface area contributed by atoms with Crippen LogP contribution in [-0.2, 0) is 6.54 Å². The summed E-state index contributed by atoms with van der Waals surface area (Å²) in [6, 6.07) is 7.39. The Morgan fingerprint density at radius 3 is 2.65 bits per heavy atom. The molecule has 3 N–H and O–H groups in total. The van der Waals surface area contributed by atoms with E-state index in [0.717, 1.165) is 5.56 Å². The van der Waals surface area contributed by atoms with E-state index in [2.05, 4.69) is 10.3 Å². The fourth-order valence-corrected chi connectivity index (χ4v) is 1.59. The average molecular weight is 274 g/mol. The van der Waals surface area contributed by atoms with Crippen LogP contribution >= 0.6 is 0 Å². The summed E-state index contributed by atoms with van der Waals surface area (Å²) in [7, 11) is 1.53. The van der Waals surface area contributed by atoms with Crippen LogP contribution in [0.15, 0.2) is 36.5 Å². The maximum atomic E-state index is 11.9. The van der Waals surface area contributed by atoms with Gasteiger partial charge < -0.3 is 20.3 Å². The third-order valence-electron chi connectivity index (χ3n) is 2.70. The first-order chi connectivity index (χ1) is 9.60. The number of amides is 1. The Balaban J connectivity index is 1.98. The lowest BCUT2D eigenvalue weighted by Gasteiger charge is -2.06. The van der Waals surface area contributed by atoms with Crippen LogP contribution in [0.1, 0.15) is 15.9 Å². The quantitative estimate of drug-likeness (QED) is 0.734. The van der Waals surface area contributed by atoms with Gasteiger partial charge in [0.05, 0.1) is 7.11 Å². The molecular formula is C14H14N2O4. The Hall–Kier alpha value is -2.76. The molecule has 104 valence electrons. The molecule has 6 nitrogen and oxygen atoms in total. The van der Waals surface area contributed by atoms with Crippen molar-refractivity contribution in [1.82, 2.24) is 10.3 Å². The summed E-state index contributed by atoms with van der Waals surface area (Å²) in [5.74, 6) is -0.440. The number of hydrogen-bond donors (Lipinski definition) is 3. The maximum absolute atomic E-state index is 11.9. The largest absolute Gasteiger partial charge is 0.504 e. The second-order valence-electron chi connectivity index (χ2n) is 4.09. The second kappa shape index (κ2) is 5.92. The summed E-state index contributed by atoms with van der Waals surface area (Å²) < 4.78 is 4.94. The number of carbonyl (C=O) groups is 1. The Morgan fingerprint density at radius 2 is 2.05 bits per heavy atom. The van der Waals surface area contributed by atoms with Crippen LogP contribution in [0.2, 0.25) is 0 Å². The third kappa shape index (κ3) is 3.17. The number of aromatic hydroxyl groups is 2. The van der Waals surface area contributed by atoms with Gasteiger partial charge in [-0.25, -0.2) is 4.98 Å². The Morgan fingerprint density at radius 1 is 1.25 bits per heavy atom. The number of benzene rings is 1. The highest BCUT2D eigenvalue weighted by Crippen LogP contribution is 2.24. The molecule has 2 aromatic rings. The van der Waals surface area contributed by atoms with Crippen molar-refractivity contribution in [2.24, 2.45) is 0 Å². The first kappa shape index (κ1) is 13.7. The Kier molecular flexibility index (Phi) is 4.05. The molecule has 0 bridgehead atoms. The number of phenolic OH excluding ortho intramolecular Hbond substituents is 2. The molecule has 0 saturated carbocycles. The number of pyridine rings is 1. The minimum Gasteiger partial charge on any atom is -0.504 e. The number of methoxy groups -OCH3 is 1. The van der Waals surface area contributed by atoms with Gasteiger partial charge in [-0.05, 0) is 23.8 Å². The monoisotopic (exact) mass is 274 g/mol. The average Bonchev–Trinajstić information content (AvgIpc) is 2.48. The van der Waals surface area contributed by atoms with E-state index in [1.54, 1.807) is 18.3 Å². The molecule has 0 aliphatic heterocycles. The maximum Gasteiger partial charge on any atom is 0.251 e. The molecule has 0 spiro atoms. The molecule has 0 radical (unpaired) electrons. The van der Waals surface area contributed by atoms with Crippen LogP contribution in [0.25, 0.3) is 0 Å². The molecule has 1 aromatic heterocycles. The van der Waals surface area contributed by atoms with Crippen molar-refractivity contribution in [3.63, 3.8) is 0 Å². The predicted octanol–water partition coefficient (Wildman–Crippen LogP) is 1.43. The number of hydrogen-bond acceptors (Lipinski definition) is 5. The molecule has 0 fully saturated rings. The highest BCUT2D eigenvalue weighted by Gasteiger charge is 2.08. The number of nitrogens with zero attached hydrogens (tertiary/aromatic N) is 1. The van der Waals surface area contributed by atoms with Gasteiger partial charge in [-0.3, -0.25) is 4.79 Å². The number of aromatic nitrogens is 1. The molecule has 1 heterocycles. The van der Waals surface area contributed by atoms with Crippen molar-refractivity contribution in [2.45, 2.75) is 6.54 Å². The summed E-state index contributed by atoms with van der Waals surface area (Å²) in [4.78, 5) is 15.9. The third-order valence-corrected chi connectivity index (χ3v) is 2.70. The highest BCUT2D eigenvalue weighted by atomic mass is 16.5. The summed E-state index contributed by atoms with van der Waals surface area (Å²) in [6.45, 7) is 0.303. The van der Waals surface area contributed by atoms with Crippen molar-refractivity contribution in [2.75, 3.05) is 7.11 Å².